The number of anilines is 1. The van der Waals surface area contributed by atoms with Crippen molar-refractivity contribution in [2.24, 2.45) is 0 Å². The first-order valence-corrected chi connectivity index (χ1v) is 8.14. The maximum absolute atomic E-state index is 5.97. The van der Waals surface area contributed by atoms with Gasteiger partial charge in [-0.25, -0.2) is 4.98 Å². The summed E-state index contributed by atoms with van der Waals surface area (Å²) in [5.41, 5.74) is 2.49. The number of aromatic nitrogens is 3. The molecule has 2 heterocycles. The van der Waals surface area contributed by atoms with E-state index in [0.29, 0.717) is 39.8 Å². The molecule has 0 radical (unpaired) electrons. The monoisotopic (exact) mass is 369 g/mol. The minimum Gasteiger partial charge on any atom is -0.354 e. The number of hydrogen-bond acceptors (Lipinski definition) is 4. The van der Waals surface area contributed by atoms with Gasteiger partial charge in [0.25, 0.3) is 0 Å². The molecule has 23 heavy (non-hydrogen) atoms. The Morgan fingerprint density at radius 2 is 1.74 bits per heavy atom. The Balaban J connectivity index is 1.47. The first-order valence-electron chi connectivity index (χ1n) is 7.01. The quantitative estimate of drug-likeness (QED) is 0.571. The molecule has 0 saturated heterocycles. The summed E-state index contributed by atoms with van der Waals surface area (Å²) in [6.07, 6.45) is 1.58. The van der Waals surface area contributed by atoms with E-state index >= 15 is 0 Å². The summed E-state index contributed by atoms with van der Waals surface area (Å²) in [7, 11) is 0. The van der Waals surface area contributed by atoms with Gasteiger partial charge in [0.1, 0.15) is 0 Å². The summed E-state index contributed by atoms with van der Waals surface area (Å²) in [5, 5.41) is 8.37. The molecule has 3 rings (SSSR count). The van der Waals surface area contributed by atoms with Gasteiger partial charge in [-0.15, -0.1) is 0 Å². The molecule has 0 fully saturated rings. The van der Waals surface area contributed by atoms with Gasteiger partial charge in [-0.1, -0.05) is 34.8 Å². The number of nitrogens with one attached hydrogen (secondary N) is 3. The van der Waals surface area contributed by atoms with E-state index in [2.05, 4.69) is 25.6 Å². The molecule has 120 valence electrons. The van der Waals surface area contributed by atoms with Gasteiger partial charge in [-0.05, 0) is 29.8 Å². The predicted molar refractivity (Wildman–Crippen MR) is 95.6 cm³/mol. The van der Waals surface area contributed by atoms with Gasteiger partial charge in [0, 0.05) is 35.9 Å². The number of fused-ring (bicyclic) bond motifs is 1. The topological polar surface area (TPSA) is 65.6 Å². The zero-order valence-corrected chi connectivity index (χ0v) is 14.3. The minimum absolute atomic E-state index is 0.578. The van der Waals surface area contributed by atoms with Gasteiger partial charge < -0.3 is 15.6 Å². The minimum atomic E-state index is 0.578. The van der Waals surface area contributed by atoms with Crippen LogP contribution in [0.3, 0.4) is 0 Å². The van der Waals surface area contributed by atoms with Crippen LogP contribution in [-0.2, 0) is 6.54 Å². The lowest BCUT2D eigenvalue weighted by atomic mass is 10.2. The Bertz CT molecular complexity index is 798. The second kappa shape index (κ2) is 7.36. The van der Waals surface area contributed by atoms with Crippen molar-refractivity contribution in [3.8, 4) is 0 Å². The Labute approximate surface area is 148 Å². The molecular weight excluding hydrogens is 357 g/mol. The smallest absolute Gasteiger partial charge is 0.202 e. The maximum atomic E-state index is 5.97. The molecule has 0 spiro atoms. The molecule has 3 N–H and O–H groups in total. The van der Waals surface area contributed by atoms with Crippen LogP contribution in [0.5, 0.6) is 0 Å². The number of pyridine rings is 1. The fourth-order valence-electron chi connectivity index (χ4n) is 2.17. The molecular formula is C15H14Cl3N5. The van der Waals surface area contributed by atoms with Crippen molar-refractivity contribution in [1.29, 1.82) is 0 Å². The fraction of sp³-hybridized carbons (Fsp3) is 0.200. The number of aromatic amines is 1. The van der Waals surface area contributed by atoms with Crippen LogP contribution >= 0.6 is 34.8 Å². The summed E-state index contributed by atoms with van der Waals surface area (Å²) >= 11 is 17.8. The number of benzene rings is 1. The first-order chi connectivity index (χ1) is 11.1. The summed E-state index contributed by atoms with van der Waals surface area (Å²) in [4.78, 5) is 11.6. The van der Waals surface area contributed by atoms with E-state index in [1.807, 2.05) is 12.1 Å². The second-order valence-electron chi connectivity index (χ2n) is 4.99. The van der Waals surface area contributed by atoms with Crippen LogP contribution in [0.25, 0.3) is 11.2 Å². The van der Waals surface area contributed by atoms with E-state index in [1.54, 1.807) is 18.3 Å². The Morgan fingerprint density at radius 3 is 2.52 bits per heavy atom. The molecule has 1 aromatic carbocycles. The van der Waals surface area contributed by atoms with Gasteiger partial charge in [-0.2, -0.15) is 4.98 Å². The van der Waals surface area contributed by atoms with Crippen LogP contribution in [0.1, 0.15) is 5.56 Å². The number of nitrogens with zero attached hydrogens (tertiary/aromatic N) is 2. The normalized spacial score (nSPS) is 11.1. The Morgan fingerprint density at radius 1 is 0.957 bits per heavy atom. The summed E-state index contributed by atoms with van der Waals surface area (Å²) in [6, 6.07) is 7.30. The standard InChI is InChI=1S/C15H14Cl3N5/c16-10-3-9(4-11(17)5-10)7-19-1-2-20-15-22-13-6-12(18)8-21-14(13)23-15/h3-6,8,19H,1-2,7H2,(H2,20,21,22,23). The van der Waals surface area contributed by atoms with Gasteiger partial charge in [0.15, 0.2) is 5.65 Å². The molecule has 5 nitrogen and oxygen atoms in total. The highest BCUT2D eigenvalue weighted by molar-refractivity contribution is 6.34. The fourth-order valence-corrected chi connectivity index (χ4v) is 2.90. The van der Waals surface area contributed by atoms with E-state index in [-0.39, 0.29) is 0 Å². The summed E-state index contributed by atoms with van der Waals surface area (Å²) < 4.78 is 0. The van der Waals surface area contributed by atoms with Gasteiger partial charge in [-0.3, -0.25) is 0 Å². The predicted octanol–water partition coefficient (Wildman–Crippen LogP) is 4.12. The number of H-pyrrole nitrogens is 1. The highest BCUT2D eigenvalue weighted by Crippen LogP contribution is 2.19. The average molecular weight is 371 g/mol. The molecule has 0 bridgehead atoms. The molecule has 0 amide bonds. The Hall–Kier alpha value is -1.53. The lowest BCUT2D eigenvalue weighted by Gasteiger charge is -2.06. The highest BCUT2D eigenvalue weighted by Gasteiger charge is 2.04. The van der Waals surface area contributed by atoms with Crippen LogP contribution in [0.15, 0.2) is 30.5 Å². The van der Waals surface area contributed by atoms with E-state index < -0.39 is 0 Å². The number of rotatable bonds is 6. The van der Waals surface area contributed by atoms with Crippen LogP contribution < -0.4 is 10.6 Å². The molecule has 0 saturated carbocycles. The number of hydrogen-bond donors (Lipinski definition) is 3. The molecule has 2 aromatic heterocycles. The number of imidazole rings is 1. The lowest BCUT2D eigenvalue weighted by Crippen LogP contribution is -2.22. The van der Waals surface area contributed by atoms with Crippen LogP contribution in [0.4, 0.5) is 5.95 Å². The summed E-state index contributed by atoms with van der Waals surface area (Å²) in [6.45, 7) is 2.16. The lowest BCUT2D eigenvalue weighted by molar-refractivity contribution is 0.705. The maximum Gasteiger partial charge on any atom is 0.202 e. The van der Waals surface area contributed by atoms with E-state index in [1.165, 1.54) is 0 Å². The molecule has 0 atom stereocenters. The van der Waals surface area contributed by atoms with Gasteiger partial charge >= 0.3 is 0 Å². The third kappa shape index (κ3) is 4.48. The summed E-state index contributed by atoms with van der Waals surface area (Å²) in [5.74, 6) is 0.669. The zero-order valence-electron chi connectivity index (χ0n) is 12.0. The van der Waals surface area contributed by atoms with Crippen molar-refractivity contribution in [3.63, 3.8) is 0 Å². The van der Waals surface area contributed by atoms with Crippen molar-refractivity contribution in [3.05, 3.63) is 51.1 Å². The van der Waals surface area contributed by atoms with E-state index in [4.69, 9.17) is 34.8 Å². The van der Waals surface area contributed by atoms with Crippen LogP contribution in [0.2, 0.25) is 15.1 Å². The molecule has 0 aliphatic heterocycles. The van der Waals surface area contributed by atoms with Gasteiger partial charge in [0.2, 0.25) is 5.95 Å². The van der Waals surface area contributed by atoms with Crippen molar-refractivity contribution in [2.45, 2.75) is 6.54 Å². The van der Waals surface area contributed by atoms with Crippen molar-refractivity contribution in [2.75, 3.05) is 18.4 Å². The van der Waals surface area contributed by atoms with E-state index in [0.717, 1.165) is 17.6 Å². The number of halogens is 3. The second-order valence-corrected chi connectivity index (χ2v) is 6.30. The third-order valence-electron chi connectivity index (χ3n) is 3.15. The molecule has 3 aromatic rings. The van der Waals surface area contributed by atoms with E-state index in [9.17, 15) is 0 Å². The first kappa shape index (κ1) is 16.3. The van der Waals surface area contributed by atoms with Gasteiger partial charge in [0.05, 0.1) is 10.5 Å². The van der Waals surface area contributed by atoms with Crippen molar-refractivity contribution < 1.29 is 0 Å². The van der Waals surface area contributed by atoms with Crippen molar-refractivity contribution in [1.82, 2.24) is 20.3 Å². The van der Waals surface area contributed by atoms with Crippen LogP contribution in [-0.4, -0.2) is 28.0 Å². The molecule has 0 aliphatic carbocycles. The average Bonchev–Trinajstić information content (AvgIpc) is 2.87. The highest BCUT2D eigenvalue weighted by atomic mass is 35.5. The third-order valence-corrected chi connectivity index (χ3v) is 3.79. The zero-order chi connectivity index (χ0) is 16.2. The SMILES string of the molecule is Clc1cc(Cl)cc(CNCCNc2nc3ncc(Cl)cc3[nH]2)c1. The largest absolute Gasteiger partial charge is 0.354 e. The molecule has 8 heteroatoms. The van der Waals surface area contributed by atoms with Crippen LogP contribution in [0, 0.1) is 0 Å². The molecule has 0 aliphatic rings. The Kier molecular flexibility index (Phi) is 5.23. The molecule has 0 unspecified atom stereocenters. The van der Waals surface area contributed by atoms with Crippen molar-refractivity contribution >= 4 is 51.9 Å².